The molecule has 0 spiro atoms. The van der Waals surface area contributed by atoms with Crippen molar-refractivity contribution >= 4 is 27.6 Å². The Balaban J connectivity index is 2.04. The van der Waals surface area contributed by atoms with E-state index in [1.54, 1.807) is 7.11 Å². The lowest BCUT2D eigenvalue weighted by Gasteiger charge is -2.08. The molecule has 7 heteroatoms. The molecule has 0 atom stereocenters. The third-order valence-electron chi connectivity index (χ3n) is 2.57. The average Bonchev–Trinajstić information content (AvgIpc) is 2.87. The van der Waals surface area contributed by atoms with Crippen molar-refractivity contribution < 1.29 is 9.15 Å². The summed E-state index contributed by atoms with van der Waals surface area (Å²) in [6, 6.07) is 5.98. The predicted octanol–water partition coefficient (Wildman–Crippen LogP) is 3.08. The molecule has 0 amide bonds. The summed E-state index contributed by atoms with van der Waals surface area (Å²) >= 11 is 3.41. The lowest BCUT2D eigenvalue weighted by atomic mass is 10.3. The Morgan fingerprint density at radius 3 is 2.95 bits per heavy atom. The number of hydrogen-bond donors (Lipinski definition) is 2. The minimum absolute atomic E-state index is 0.342. The van der Waals surface area contributed by atoms with E-state index in [1.165, 1.54) is 0 Å². The number of methoxy groups -OCH3 is 1. The van der Waals surface area contributed by atoms with Gasteiger partial charge in [0, 0.05) is 4.47 Å². The normalized spacial score (nSPS) is 10.6. The SMILES string of the molecule is CCCNCc1nnc(Nc2cc(Br)ccc2OC)o1. The summed E-state index contributed by atoms with van der Waals surface area (Å²) in [5.41, 5.74) is 0.763. The van der Waals surface area contributed by atoms with Gasteiger partial charge in [-0.05, 0) is 31.2 Å². The smallest absolute Gasteiger partial charge is 0.320 e. The second kappa shape index (κ2) is 7.25. The van der Waals surface area contributed by atoms with Crippen LogP contribution in [0.2, 0.25) is 0 Å². The highest BCUT2D eigenvalue weighted by molar-refractivity contribution is 9.10. The number of rotatable bonds is 7. The molecule has 0 aliphatic carbocycles. The van der Waals surface area contributed by atoms with Gasteiger partial charge in [0.25, 0.3) is 0 Å². The summed E-state index contributed by atoms with van der Waals surface area (Å²) in [5.74, 6) is 1.26. The molecule has 1 aromatic carbocycles. The molecule has 0 aliphatic rings. The Hall–Kier alpha value is -1.60. The van der Waals surface area contributed by atoms with Crippen LogP contribution in [0.15, 0.2) is 27.1 Å². The van der Waals surface area contributed by atoms with Crippen LogP contribution in [-0.4, -0.2) is 23.9 Å². The van der Waals surface area contributed by atoms with Crippen molar-refractivity contribution in [3.63, 3.8) is 0 Å². The quantitative estimate of drug-likeness (QED) is 0.754. The van der Waals surface area contributed by atoms with Crippen LogP contribution in [0.4, 0.5) is 11.7 Å². The maximum Gasteiger partial charge on any atom is 0.320 e. The molecule has 0 aliphatic heterocycles. The average molecular weight is 341 g/mol. The van der Waals surface area contributed by atoms with Crippen LogP contribution in [0.3, 0.4) is 0 Å². The molecular formula is C13H17BrN4O2. The molecule has 108 valence electrons. The van der Waals surface area contributed by atoms with Gasteiger partial charge in [0.05, 0.1) is 19.3 Å². The van der Waals surface area contributed by atoms with Crippen LogP contribution >= 0.6 is 15.9 Å². The van der Waals surface area contributed by atoms with Gasteiger partial charge < -0.3 is 19.8 Å². The first-order chi connectivity index (χ1) is 9.72. The van der Waals surface area contributed by atoms with E-state index < -0.39 is 0 Å². The van der Waals surface area contributed by atoms with E-state index in [2.05, 4.69) is 43.7 Å². The van der Waals surface area contributed by atoms with E-state index in [4.69, 9.17) is 9.15 Å². The van der Waals surface area contributed by atoms with Crippen LogP contribution in [0.5, 0.6) is 5.75 Å². The second-order valence-corrected chi connectivity index (χ2v) is 5.06. The number of nitrogens with zero attached hydrogens (tertiary/aromatic N) is 2. The Bertz CT molecular complexity index is 559. The third kappa shape index (κ3) is 3.94. The standard InChI is InChI=1S/C13H17BrN4O2/c1-3-6-15-8-12-17-18-13(20-12)16-10-7-9(14)4-5-11(10)19-2/h4-5,7,15H,3,6,8H2,1-2H3,(H,16,18). The molecule has 20 heavy (non-hydrogen) atoms. The Morgan fingerprint density at radius 2 is 2.20 bits per heavy atom. The number of nitrogens with one attached hydrogen (secondary N) is 2. The number of aromatic nitrogens is 2. The number of benzene rings is 1. The van der Waals surface area contributed by atoms with Crippen molar-refractivity contribution in [2.75, 3.05) is 19.0 Å². The van der Waals surface area contributed by atoms with Crippen molar-refractivity contribution in [1.82, 2.24) is 15.5 Å². The lowest BCUT2D eigenvalue weighted by Crippen LogP contribution is -2.13. The molecule has 2 N–H and O–H groups in total. The molecule has 2 aromatic rings. The third-order valence-corrected chi connectivity index (χ3v) is 3.07. The maximum atomic E-state index is 5.51. The maximum absolute atomic E-state index is 5.51. The van der Waals surface area contributed by atoms with Crippen LogP contribution in [0.1, 0.15) is 19.2 Å². The first kappa shape index (κ1) is 14.8. The highest BCUT2D eigenvalue weighted by atomic mass is 79.9. The first-order valence-corrected chi connectivity index (χ1v) is 7.16. The molecule has 0 saturated carbocycles. The fourth-order valence-corrected chi connectivity index (χ4v) is 2.00. The monoisotopic (exact) mass is 340 g/mol. The number of ether oxygens (including phenoxy) is 1. The van der Waals surface area contributed by atoms with Crippen molar-refractivity contribution in [2.24, 2.45) is 0 Å². The Morgan fingerprint density at radius 1 is 1.35 bits per heavy atom. The molecule has 0 saturated heterocycles. The molecule has 0 bridgehead atoms. The zero-order valence-corrected chi connectivity index (χ0v) is 13.0. The van der Waals surface area contributed by atoms with Crippen LogP contribution in [0.25, 0.3) is 0 Å². The number of anilines is 2. The fourth-order valence-electron chi connectivity index (χ4n) is 1.64. The van der Waals surface area contributed by atoms with Gasteiger partial charge in [0.15, 0.2) is 0 Å². The van der Waals surface area contributed by atoms with Gasteiger partial charge in [-0.2, -0.15) is 0 Å². The second-order valence-electron chi connectivity index (χ2n) is 4.15. The summed E-state index contributed by atoms with van der Waals surface area (Å²) in [4.78, 5) is 0. The van der Waals surface area contributed by atoms with E-state index >= 15 is 0 Å². The van der Waals surface area contributed by atoms with Gasteiger partial charge in [0.1, 0.15) is 5.75 Å². The largest absolute Gasteiger partial charge is 0.495 e. The Kier molecular flexibility index (Phi) is 5.37. The topological polar surface area (TPSA) is 72.2 Å². The summed E-state index contributed by atoms with van der Waals surface area (Å²) < 4.78 is 11.7. The van der Waals surface area contributed by atoms with E-state index in [0.717, 1.165) is 23.1 Å². The van der Waals surface area contributed by atoms with Crippen molar-refractivity contribution in [2.45, 2.75) is 19.9 Å². The van der Waals surface area contributed by atoms with Crippen molar-refractivity contribution in [3.05, 3.63) is 28.6 Å². The highest BCUT2D eigenvalue weighted by Crippen LogP contribution is 2.30. The Labute approximate surface area is 126 Å². The molecule has 1 heterocycles. The molecular weight excluding hydrogens is 324 g/mol. The summed E-state index contributed by atoms with van der Waals surface area (Å²) in [6.07, 6.45) is 1.06. The van der Waals surface area contributed by atoms with Gasteiger partial charge in [-0.3, -0.25) is 0 Å². The highest BCUT2D eigenvalue weighted by Gasteiger charge is 2.09. The first-order valence-electron chi connectivity index (χ1n) is 6.36. The van der Waals surface area contributed by atoms with Crippen LogP contribution < -0.4 is 15.4 Å². The van der Waals surface area contributed by atoms with Gasteiger partial charge >= 0.3 is 6.01 Å². The molecule has 2 rings (SSSR count). The minimum Gasteiger partial charge on any atom is -0.495 e. The summed E-state index contributed by atoms with van der Waals surface area (Å²) in [5, 5.41) is 14.2. The summed E-state index contributed by atoms with van der Waals surface area (Å²) in [6.45, 7) is 3.59. The molecule has 0 unspecified atom stereocenters. The number of hydrogen-bond acceptors (Lipinski definition) is 6. The summed E-state index contributed by atoms with van der Waals surface area (Å²) in [7, 11) is 1.61. The van der Waals surface area contributed by atoms with Gasteiger partial charge in [-0.25, -0.2) is 0 Å². The fraction of sp³-hybridized carbons (Fsp3) is 0.385. The molecule has 0 fully saturated rings. The van der Waals surface area contributed by atoms with Gasteiger partial charge in [-0.15, -0.1) is 5.10 Å². The molecule has 0 radical (unpaired) electrons. The zero-order chi connectivity index (χ0) is 14.4. The van der Waals surface area contributed by atoms with E-state index in [-0.39, 0.29) is 0 Å². The van der Waals surface area contributed by atoms with Crippen LogP contribution in [-0.2, 0) is 6.54 Å². The lowest BCUT2D eigenvalue weighted by molar-refractivity contribution is 0.416. The number of halogens is 1. The van der Waals surface area contributed by atoms with E-state index in [9.17, 15) is 0 Å². The van der Waals surface area contributed by atoms with Crippen LogP contribution in [0, 0.1) is 0 Å². The van der Waals surface area contributed by atoms with Gasteiger partial charge in [-0.1, -0.05) is 28.0 Å². The molecule has 6 nitrogen and oxygen atoms in total. The van der Waals surface area contributed by atoms with E-state index in [0.29, 0.717) is 24.2 Å². The molecule has 1 aromatic heterocycles. The van der Waals surface area contributed by atoms with Crippen molar-refractivity contribution in [1.29, 1.82) is 0 Å². The van der Waals surface area contributed by atoms with Gasteiger partial charge in [0.2, 0.25) is 5.89 Å². The van der Waals surface area contributed by atoms with E-state index in [1.807, 2.05) is 18.2 Å². The minimum atomic E-state index is 0.342. The van der Waals surface area contributed by atoms with Crippen molar-refractivity contribution in [3.8, 4) is 5.75 Å². The predicted molar refractivity (Wildman–Crippen MR) is 80.3 cm³/mol. The zero-order valence-electron chi connectivity index (χ0n) is 11.4.